The lowest BCUT2D eigenvalue weighted by atomic mass is 10.0. The molecular formula is C15H16OS. The van der Waals surface area contributed by atoms with E-state index in [1.165, 1.54) is 11.1 Å². The van der Waals surface area contributed by atoms with Crippen molar-refractivity contribution < 1.29 is 4.74 Å². The smallest absolute Gasteiger partial charge is 0.127 e. The maximum atomic E-state index is 5.81. The maximum Gasteiger partial charge on any atom is 0.127 e. The van der Waals surface area contributed by atoms with Crippen molar-refractivity contribution in [2.45, 2.75) is 20.0 Å². The Bertz CT molecular complexity index is 498. The summed E-state index contributed by atoms with van der Waals surface area (Å²) in [6, 6.07) is 8.24. The summed E-state index contributed by atoms with van der Waals surface area (Å²) in [5.41, 5.74) is 3.47. The fourth-order valence-corrected chi connectivity index (χ4v) is 2.44. The first kappa shape index (κ1) is 11.9. The zero-order valence-corrected chi connectivity index (χ0v) is 11.0. The van der Waals surface area contributed by atoms with Crippen molar-refractivity contribution in [3.8, 4) is 16.9 Å². The Morgan fingerprint density at radius 2 is 2.12 bits per heavy atom. The number of hydrogen-bond acceptors (Lipinski definition) is 2. The van der Waals surface area contributed by atoms with Crippen LogP contribution in [0.1, 0.15) is 19.4 Å². The van der Waals surface area contributed by atoms with Crippen molar-refractivity contribution in [1.29, 1.82) is 0 Å². The molecule has 0 aliphatic heterocycles. The van der Waals surface area contributed by atoms with Gasteiger partial charge in [0.05, 0.1) is 6.10 Å². The number of rotatable bonds is 4. The number of ether oxygens (including phenoxy) is 1. The Balaban J connectivity index is 2.50. The van der Waals surface area contributed by atoms with Crippen LogP contribution in [0.4, 0.5) is 0 Å². The molecule has 0 fully saturated rings. The van der Waals surface area contributed by atoms with Gasteiger partial charge in [-0.25, -0.2) is 0 Å². The van der Waals surface area contributed by atoms with Gasteiger partial charge in [0.2, 0.25) is 0 Å². The first-order valence-corrected chi connectivity index (χ1v) is 6.61. The third-order valence-corrected chi connectivity index (χ3v) is 3.15. The molecule has 0 saturated heterocycles. The lowest BCUT2D eigenvalue weighted by molar-refractivity contribution is 0.242. The molecule has 1 aromatic carbocycles. The van der Waals surface area contributed by atoms with Gasteiger partial charge in [0.1, 0.15) is 5.75 Å². The van der Waals surface area contributed by atoms with Gasteiger partial charge < -0.3 is 4.74 Å². The molecule has 0 radical (unpaired) electrons. The fraction of sp³-hybridized carbons (Fsp3) is 0.200. The molecule has 17 heavy (non-hydrogen) atoms. The lowest BCUT2D eigenvalue weighted by Gasteiger charge is -2.15. The summed E-state index contributed by atoms with van der Waals surface area (Å²) >= 11 is 1.70. The standard InChI is InChI=1S/C15H16OS/c1-4-13-14(12-8-9-17-10-12)6-5-7-15(13)16-11(2)3/h4-11H,1H2,2-3H3. The minimum absolute atomic E-state index is 0.173. The molecule has 2 rings (SSSR count). The Hall–Kier alpha value is -1.54. The first-order chi connectivity index (χ1) is 8.22. The van der Waals surface area contributed by atoms with E-state index < -0.39 is 0 Å². The van der Waals surface area contributed by atoms with Gasteiger partial charge in [-0.1, -0.05) is 24.8 Å². The molecule has 0 amide bonds. The molecule has 2 aromatic rings. The van der Waals surface area contributed by atoms with E-state index in [2.05, 4.69) is 29.5 Å². The Kier molecular flexibility index (Phi) is 3.64. The topological polar surface area (TPSA) is 9.23 Å². The van der Waals surface area contributed by atoms with E-state index >= 15 is 0 Å². The third-order valence-electron chi connectivity index (χ3n) is 2.47. The highest BCUT2D eigenvalue weighted by Gasteiger charge is 2.09. The average Bonchev–Trinajstić information content (AvgIpc) is 2.81. The van der Waals surface area contributed by atoms with E-state index in [1.807, 2.05) is 32.1 Å². The fourth-order valence-electron chi connectivity index (χ4n) is 1.78. The van der Waals surface area contributed by atoms with E-state index in [9.17, 15) is 0 Å². The van der Waals surface area contributed by atoms with Crippen LogP contribution in [0.25, 0.3) is 17.2 Å². The predicted molar refractivity (Wildman–Crippen MR) is 75.6 cm³/mol. The molecule has 1 aromatic heterocycles. The van der Waals surface area contributed by atoms with Crippen molar-refractivity contribution in [2.24, 2.45) is 0 Å². The van der Waals surface area contributed by atoms with E-state index in [0.29, 0.717) is 0 Å². The van der Waals surface area contributed by atoms with Gasteiger partial charge in [0, 0.05) is 5.56 Å². The quantitative estimate of drug-likeness (QED) is 0.747. The second-order valence-corrected chi connectivity index (χ2v) is 4.88. The summed E-state index contributed by atoms with van der Waals surface area (Å²) < 4.78 is 5.81. The second kappa shape index (κ2) is 5.19. The average molecular weight is 244 g/mol. The highest BCUT2D eigenvalue weighted by Crippen LogP contribution is 2.33. The Morgan fingerprint density at radius 3 is 2.71 bits per heavy atom. The molecule has 0 spiro atoms. The van der Waals surface area contributed by atoms with Crippen molar-refractivity contribution in [1.82, 2.24) is 0 Å². The highest BCUT2D eigenvalue weighted by molar-refractivity contribution is 7.08. The maximum absolute atomic E-state index is 5.81. The monoisotopic (exact) mass is 244 g/mol. The van der Waals surface area contributed by atoms with E-state index in [-0.39, 0.29) is 6.10 Å². The van der Waals surface area contributed by atoms with Gasteiger partial charge in [0.15, 0.2) is 0 Å². The summed E-state index contributed by atoms with van der Waals surface area (Å²) in [6.07, 6.45) is 2.04. The SMILES string of the molecule is C=Cc1c(OC(C)C)cccc1-c1ccsc1. The van der Waals surface area contributed by atoms with Crippen LogP contribution < -0.4 is 4.74 Å². The van der Waals surface area contributed by atoms with Crippen molar-refractivity contribution in [3.63, 3.8) is 0 Å². The molecule has 0 atom stereocenters. The Labute approximate surface area is 106 Å². The minimum Gasteiger partial charge on any atom is -0.490 e. The highest BCUT2D eigenvalue weighted by atomic mass is 32.1. The lowest BCUT2D eigenvalue weighted by Crippen LogP contribution is -2.06. The third kappa shape index (κ3) is 2.59. The van der Waals surface area contributed by atoms with Gasteiger partial charge in [-0.2, -0.15) is 11.3 Å². The van der Waals surface area contributed by atoms with E-state index in [0.717, 1.165) is 11.3 Å². The van der Waals surface area contributed by atoms with Crippen molar-refractivity contribution in [2.75, 3.05) is 0 Å². The van der Waals surface area contributed by atoms with Gasteiger partial charge in [-0.3, -0.25) is 0 Å². The summed E-state index contributed by atoms with van der Waals surface area (Å²) in [5, 5.41) is 4.22. The number of hydrogen-bond donors (Lipinski definition) is 0. The van der Waals surface area contributed by atoms with Crippen LogP contribution in [-0.4, -0.2) is 6.10 Å². The Morgan fingerprint density at radius 1 is 1.29 bits per heavy atom. The molecule has 0 bridgehead atoms. The number of thiophene rings is 1. The van der Waals surface area contributed by atoms with Crippen molar-refractivity contribution >= 4 is 17.4 Å². The minimum atomic E-state index is 0.173. The molecule has 1 nitrogen and oxygen atoms in total. The molecule has 88 valence electrons. The normalized spacial score (nSPS) is 10.5. The van der Waals surface area contributed by atoms with E-state index in [4.69, 9.17) is 4.74 Å². The van der Waals surface area contributed by atoms with Crippen LogP contribution in [0.3, 0.4) is 0 Å². The van der Waals surface area contributed by atoms with Crippen molar-refractivity contribution in [3.05, 3.63) is 47.2 Å². The molecule has 0 aliphatic carbocycles. The zero-order valence-electron chi connectivity index (χ0n) is 10.1. The molecule has 2 heteroatoms. The molecule has 0 unspecified atom stereocenters. The predicted octanol–water partition coefficient (Wildman–Crippen LogP) is 4.85. The first-order valence-electron chi connectivity index (χ1n) is 5.67. The second-order valence-electron chi connectivity index (χ2n) is 4.10. The molecule has 0 aliphatic rings. The number of benzene rings is 1. The van der Waals surface area contributed by atoms with Crippen LogP contribution in [0.2, 0.25) is 0 Å². The summed E-state index contributed by atoms with van der Waals surface area (Å²) in [4.78, 5) is 0. The van der Waals surface area contributed by atoms with Crippen LogP contribution in [-0.2, 0) is 0 Å². The molecule has 1 heterocycles. The molecule has 0 N–H and O–H groups in total. The van der Waals surface area contributed by atoms with Gasteiger partial charge in [-0.05, 0) is 47.9 Å². The van der Waals surface area contributed by atoms with Crippen LogP contribution in [0.5, 0.6) is 5.75 Å². The summed E-state index contributed by atoms with van der Waals surface area (Å²) in [5.74, 6) is 0.902. The largest absolute Gasteiger partial charge is 0.490 e. The molecule has 0 saturated carbocycles. The van der Waals surface area contributed by atoms with Crippen LogP contribution in [0.15, 0.2) is 41.6 Å². The summed E-state index contributed by atoms with van der Waals surface area (Å²) in [6.45, 7) is 7.96. The van der Waals surface area contributed by atoms with Crippen LogP contribution >= 0.6 is 11.3 Å². The molecular weight excluding hydrogens is 228 g/mol. The summed E-state index contributed by atoms with van der Waals surface area (Å²) in [7, 11) is 0. The van der Waals surface area contributed by atoms with Gasteiger partial charge >= 0.3 is 0 Å². The van der Waals surface area contributed by atoms with Gasteiger partial charge in [-0.15, -0.1) is 0 Å². The van der Waals surface area contributed by atoms with Gasteiger partial charge in [0.25, 0.3) is 0 Å². The van der Waals surface area contributed by atoms with E-state index in [1.54, 1.807) is 11.3 Å². The zero-order chi connectivity index (χ0) is 12.3. The van der Waals surface area contributed by atoms with Crippen LogP contribution in [0, 0.1) is 0 Å².